The summed E-state index contributed by atoms with van der Waals surface area (Å²) < 4.78 is 12.1. The average Bonchev–Trinajstić information content (AvgIpc) is 1.80. The third kappa shape index (κ3) is 1.10. The van der Waals surface area contributed by atoms with E-state index in [2.05, 4.69) is 0 Å². The Kier molecular flexibility index (Phi) is 1.26. The quantitative estimate of drug-likeness (QED) is 0.514. The second-order valence-corrected chi connectivity index (χ2v) is 1.63. The summed E-state index contributed by atoms with van der Waals surface area (Å²) in [7, 11) is 0. The second-order valence-electron chi connectivity index (χ2n) is 1.63. The Labute approximate surface area is 51.2 Å². The highest BCUT2D eigenvalue weighted by Crippen LogP contribution is 2.23. The minimum absolute atomic E-state index is 0.309. The minimum Gasteiger partial charge on any atom is -0.504 e. The van der Waals surface area contributed by atoms with Gasteiger partial charge in [0.05, 0.1) is 0 Å². The summed E-state index contributed by atoms with van der Waals surface area (Å²) in [5, 5.41) is 17.2. The van der Waals surface area contributed by atoms with Gasteiger partial charge in [-0.1, -0.05) is 0 Å². The lowest BCUT2D eigenvalue weighted by molar-refractivity contribution is 0.400. The van der Waals surface area contributed by atoms with Crippen LogP contribution in [-0.2, 0) is 0 Å². The normalized spacial score (nSPS) is 9.44. The predicted molar refractivity (Wildman–Crippen MR) is 29.7 cm³/mol. The van der Waals surface area contributed by atoms with Crippen LogP contribution in [0, 0.1) is 5.82 Å². The van der Waals surface area contributed by atoms with Crippen molar-refractivity contribution >= 4 is 0 Å². The van der Waals surface area contributed by atoms with Crippen molar-refractivity contribution in [2.24, 2.45) is 0 Å². The van der Waals surface area contributed by atoms with Gasteiger partial charge in [-0.05, 0) is 12.1 Å². The summed E-state index contributed by atoms with van der Waals surface area (Å²) in [5.41, 5.74) is 0. The maximum atomic E-state index is 12.1. The number of phenols is 2. The zero-order chi connectivity index (χ0) is 6.85. The van der Waals surface area contributed by atoms with E-state index in [1.54, 1.807) is 0 Å². The van der Waals surface area contributed by atoms with Crippen LogP contribution in [0.25, 0.3) is 0 Å². The molecule has 0 bridgehead atoms. The van der Waals surface area contributed by atoms with E-state index in [0.717, 1.165) is 18.2 Å². The van der Waals surface area contributed by atoms with Crippen LogP contribution in [0.2, 0.25) is 0 Å². The van der Waals surface area contributed by atoms with Crippen molar-refractivity contribution < 1.29 is 14.6 Å². The molecule has 0 spiro atoms. The lowest BCUT2D eigenvalue weighted by Crippen LogP contribution is -1.71. The summed E-state index contributed by atoms with van der Waals surface area (Å²) in [6, 6.07) is 3.00. The molecule has 1 aromatic rings. The van der Waals surface area contributed by atoms with Crippen molar-refractivity contribution in [2.75, 3.05) is 0 Å². The van der Waals surface area contributed by atoms with Crippen molar-refractivity contribution in [2.45, 2.75) is 0 Å². The van der Waals surface area contributed by atoms with Crippen molar-refractivity contribution in [1.82, 2.24) is 0 Å². The molecule has 0 saturated heterocycles. The molecule has 1 rings (SSSR count). The van der Waals surface area contributed by atoms with Gasteiger partial charge >= 0.3 is 0 Å². The number of hydrogen-bond acceptors (Lipinski definition) is 2. The molecular weight excluding hydrogens is 122 g/mol. The van der Waals surface area contributed by atoms with Crippen LogP contribution in [0.5, 0.6) is 11.5 Å². The number of phenolic OH excluding ortho intramolecular Hbond substituents is 2. The molecule has 0 fully saturated rings. The lowest BCUT2D eigenvalue weighted by Gasteiger charge is -1.93. The van der Waals surface area contributed by atoms with Crippen LogP contribution >= 0.6 is 0 Å². The van der Waals surface area contributed by atoms with E-state index in [0.29, 0.717) is 0 Å². The van der Waals surface area contributed by atoms with Gasteiger partial charge in [0.1, 0.15) is 5.82 Å². The lowest BCUT2D eigenvalue weighted by atomic mass is 10.3. The molecule has 0 saturated carbocycles. The molecule has 3 heteroatoms. The molecule has 0 aliphatic heterocycles. The number of benzene rings is 1. The van der Waals surface area contributed by atoms with Gasteiger partial charge < -0.3 is 10.2 Å². The van der Waals surface area contributed by atoms with Crippen molar-refractivity contribution in [3.63, 3.8) is 0 Å². The fraction of sp³-hybridized carbons (Fsp3) is 0. The van der Waals surface area contributed by atoms with Crippen molar-refractivity contribution in [3.8, 4) is 11.5 Å². The average molecular weight is 127 g/mol. The van der Waals surface area contributed by atoms with Gasteiger partial charge in [-0.3, -0.25) is 0 Å². The van der Waals surface area contributed by atoms with Gasteiger partial charge in [0.2, 0.25) is 0 Å². The molecule has 0 aliphatic carbocycles. The molecule has 9 heavy (non-hydrogen) atoms. The molecule has 0 aliphatic rings. The molecule has 0 atom stereocenters. The first kappa shape index (κ1) is 5.88. The standard InChI is InChI=1S/C6H5FO2/c7-4-1-2-5(8)6(9)3-4/h1-3,8-9H/i7-1. The fourth-order valence-electron chi connectivity index (χ4n) is 0.497. The maximum absolute atomic E-state index is 12.1. The zero-order valence-electron chi connectivity index (χ0n) is 4.50. The number of aromatic hydroxyl groups is 2. The van der Waals surface area contributed by atoms with Crippen LogP contribution in [-0.4, -0.2) is 10.2 Å². The van der Waals surface area contributed by atoms with Gasteiger partial charge in [-0.15, -0.1) is 0 Å². The minimum atomic E-state index is -0.565. The Morgan fingerprint density at radius 3 is 2.22 bits per heavy atom. The summed E-state index contributed by atoms with van der Waals surface area (Å²) in [6.45, 7) is 0. The number of hydrogen-bond donors (Lipinski definition) is 2. The molecule has 0 unspecified atom stereocenters. The molecule has 1 aromatic carbocycles. The first-order chi connectivity index (χ1) is 4.20. The second kappa shape index (κ2) is 1.93. The SMILES string of the molecule is Oc1ccc([18F])cc1O. The molecule has 0 amide bonds. The van der Waals surface area contributed by atoms with E-state index >= 15 is 0 Å². The van der Waals surface area contributed by atoms with E-state index < -0.39 is 11.6 Å². The Bertz CT molecular complexity index is 222. The van der Waals surface area contributed by atoms with Gasteiger partial charge in [0, 0.05) is 6.07 Å². The summed E-state index contributed by atoms with van der Waals surface area (Å²) in [5.74, 6) is -1.31. The van der Waals surface area contributed by atoms with Crippen molar-refractivity contribution in [3.05, 3.63) is 24.0 Å². The molecule has 0 heterocycles. The first-order valence-electron chi connectivity index (χ1n) is 2.37. The van der Waals surface area contributed by atoms with Gasteiger partial charge in [-0.2, -0.15) is 0 Å². The van der Waals surface area contributed by atoms with E-state index in [1.807, 2.05) is 0 Å². The van der Waals surface area contributed by atoms with E-state index in [4.69, 9.17) is 10.2 Å². The van der Waals surface area contributed by atoms with E-state index in [1.165, 1.54) is 0 Å². The zero-order valence-corrected chi connectivity index (χ0v) is 4.50. The van der Waals surface area contributed by atoms with Crippen LogP contribution in [0.15, 0.2) is 18.2 Å². The Morgan fingerprint density at radius 1 is 1.11 bits per heavy atom. The van der Waals surface area contributed by atoms with E-state index in [9.17, 15) is 4.39 Å². The third-order valence-corrected chi connectivity index (χ3v) is 0.937. The van der Waals surface area contributed by atoms with Gasteiger partial charge in [0.25, 0.3) is 0 Å². The Morgan fingerprint density at radius 2 is 1.78 bits per heavy atom. The molecule has 0 radical (unpaired) electrons. The van der Waals surface area contributed by atoms with Crippen molar-refractivity contribution in [1.29, 1.82) is 0 Å². The molecule has 48 valence electrons. The maximum Gasteiger partial charge on any atom is 0.160 e. The number of halogens is 1. The number of rotatable bonds is 0. The molecule has 0 aromatic heterocycles. The summed E-state index contributed by atoms with van der Waals surface area (Å²) >= 11 is 0. The van der Waals surface area contributed by atoms with Crippen LogP contribution in [0.4, 0.5) is 4.39 Å². The smallest absolute Gasteiger partial charge is 0.160 e. The largest absolute Gasteiger partial charge is 0.504 e. The highest BCUT2D eigenvalue weighted by atomic mass is 18.2. The fourth-order valence-corrected chi connectivity index (χ4v) is 0.497. The molecule has 2 N–H and O–H groups in total. The van der Waals surface area contributed by atoms with Crippen LogP contribution in [0.3, 0.4) is 0 Å². The van der Waals surface area contributed by atoms with E-state index in [-0.39, 0.29) is 5.75 Å². The topological polar surface area (TPSA) is 40.5 Å². The Balaban J connectivity index is 3.17. The molecule has 2 nitrogen and oxygen atoms in total. The van der Waals surface area contributed by atoms with Crippen LogP contribution < -0.4 is 0 Å². The monoisotopic (exact) mass is 127 g/mol. The predicted octanol–water partition coefficient (Wildman–Crippen LogP) is 1.24. The third-order valence-electron chi connectivity index (χ3n) is 0.937. The summed E-state index contributed by atoms with van der Waals surface area (Å²) in [4.78, 5) is 0. The first-order valence-corrected chi connectivity index (χ1v) is 2.37. The highest BCUT2D eigenvalue weighted by Gasteiger charge is 1.97. The van der Waals surface area contributed by atoms with Gasteiger partial charge in [0.15, 0.2) is 11.5 Å². The highest BCUT2D eigenvalue weighted by molar-refractivity contribution is 5.36. The van der Waals surface area contributed by atoms with Gasteiger partial charge in [-0.25, -0.2) is 4.39 Å². The molecular formula is C6H5FO2. The summed E-state index contributed by atoms with van der Waals surface area (Å²) in [6.07, 6.45) is 0. The van der Waals surface area contributed by atoms with Crippen LogP contribution in [0.1, 0.15) is 0 Å². The Hall–Kier alpha value is -1.25.